The fraction of sp³-hybridized carbons (Fsp3) is 0.167. The molecule has 1 heterocycles. The third kappa shape index (κ3) is 3.52. The Hall–Kier alpha value is -2.38. The maximum Gasteiger partial charge on any atom is 0.0433 e. The molecule has 0 saturated carbocycles. The number of hydrogen-bond donors (Lipinski definition) is 0. The van der Waals surface area contributed by atoms with Crippen LogP contribution in [0.2, 0.25) is 0 Å². The van der Waals surface area contributed by atoms with Crippen molar-refractivity contribution in [1.29, 1.82) is 0 Å². The summed E-state index contributed by atoms with van der Waals surface area (Å²) in [7, 11) is 0. The fourth-order valence-corrected chi connectivity index (χ4v) is 4.25. The Bertz CT molecular complexity index is 1020. The van der Waals surface area contributed by atoms with E-state index < -0.39 is 0 Å². The van der Waals surface area contributed by atoms with Crippen LogP contribution in [0.15, 0.2) is 84.0 Å². The summed E-state index contributed by atoms with van der Waals surface area (Å²) in [6.07, 6.45) is 10.8. The van der Waals surface area contributed by atoms with Crippen molar-refractivity contribution < 1.29 is 0 Å². The van der Waals surface area contributed by atoms with Crippen LogP contribution in [0.1, 0.15) is 33.3 Å². The highest BCUT2D eigenvalue weighted by molar-refractivity contribution is 7.26. The van der Waals surface area contributed by atoms with Crippen LogP contribution < -0.4 is 0 Å². The minimum atomic E-state index is 1.28. The molecule has 0 amide bonds. The third-order valence-corrected chi connectivity index (χ3v) is 5.78. The molecule has 0 unspecified atom stereocenters. The molecule has 0 bridgehead atoms. The monoisotopic (exact) mass is 344 g/mol. The van der Waals surface area contributed by atoms with Crippen molar-refractivity contribution in [2.45, 2.75) is 27.7 Å². The lowest BCUT2D eigenvalue weighted by molar-refractivity contribution is 1.34. The van der Waals surface area contributed by atoms with Gasteiger partial charge in [-0.3, -0.25) is 0 Å². The molecule has 0 aliphatic rings. The van der Waals surface area contributed by atoms with E-state index in [0.717, 1.165) is 0 Å². The zero-order chi connectivity index (χ0) is 17.8. The molecule has 0 radical (unpaired) electrons. The van der Waals surface area contributed by atoms with Gasteiger partial charge in [-0.2, -0.15) is 0 Å². The standard InChI is InChI=1S/C24H24S/c1-5-7-11-17(3)18(4)16-19(6-2)20-13-10-14-22-21-12-8-9-15-23(21)25-24(20)22/h5-16H,1-4H3. The van der Waals surface area contributed by atoms with Crippen molar-refractivity contribution in [3.63, 3.8) is 0 Å². The minimum absolute atomic E-state index is 1.28. The van der Waals surface area contributed by atoms with Crippen molar-refractivity contribution in [3.05, 3.63) is 89.6 Å². The number of thiophene rings is 1. The lowest BCUT2D eigenvalue weighted by atomic mass is 9.98. The molecule has 0 saturated heterocycles. The Kier molecular flexibility index (Phi) is 5.35. The smallest absolute Gasteiger partial charge is 0.0433 e. The quantitative estimate of drug-likeness (QED) is 0.421. The van der Waals surface area contributed by atoms with Gasteiger partial charge in [-0.15, -0.1) is 11.3 Å². The van der Waals surface area contributed by atoms with Crippen molar-refractivity contribution in [2.24, 2.45) is 0 Å². The maximum atomic E-state index is 2.30. The molecule has 0 nitrogen and oxygen atoms in total. The second kappa shape index (κ2) is 7.67. The van der Waals surface area contributed by atoms with Gasteiger partial charge in [0.2, 0.25) is 0 Å². The molecule has 0 aliphatic heterocycles. The number of rotatable bonds is 4. The Labute approximate surface area is 154 Å². The zero-order valence-electron chi connectivity index (χ0n) is 15.3. The molecule has 25 heavy (non-hydrogen) atoms. The Morgan fingerprint density at radius 1 is 0.880 bits per heavy atom. The second-order valence-electron chi connectivity index (χ2n) is 6.23. The highest BCUT2D eigenvalue weighted by atomic mass is 32.1. The Balaban J connectivity index is 2.14. The maximum absolute atomic E-state index is 2.30. The molecule has 0 spiro atoms. The van der Waals surface area contributed by atoms with Crippen LogP contribution in [0.5, 0.6) is 0 Å². The average molecular weight is 345 g/mol. The molecule has 3 rings (SSSR count). The minimum Gasteiger partial charge on any atom is -0.135 e. The van der Waals surface area contributed by atoms with E-state index in [1.807, 2.05) is 18.3 Å². The summed E-state index contributed by atoms with van der Waals surface area (Å²) in [5, 5.41) is 2.70. The zero-order valence-corrected chi connectivity index (χ0v) is 16.2. The van der Waals surface area contributed by atoms with Gasteiger partial charge in [-0.25, -0.2) is 0 Å². The lowest BCUT2D eigenvalue weighted by Gasteiger charge is -2.07. The van der Waals surface area contributed by atoms with Crippen molar-refractivity contribution in [1.82, 2.24) is 0 Å². The second-order valence-corrected chi connectivity index (χ2v) is 7.28. The van der Waals surface area contributed by atoms with E-state index in [0.29, 0.717) is 0 Å². The SMILES string of the molecule is CC=CC=C(C)C(C)=CC(=CC)c1cccc2c1sc1ccccc12. The topological polar surface area (TPSA) is 0 Å². The van der Waals surface area contributed by atoms with E-state index in [1.54, 1.807) is 0 Å². The van der Waals surface area contributed by atoms with Crippen LogP contribution in [0.4, 0.5) is 0 Å². The normalized spacial score (nSPS) is 14.2. The summed E-state index contributed by atoms with van der Waals surface area (Å²) in [4.78, 5) is 0. The number of benzene rings is 2. The average Bonchev–Trinajstić information content (AvgIpc) is 3.02. The molecule has 1 heteroatoms. The molecule has 0 atom stereocenters. The van der Waals surface area contributed by atoms with Gasteiger partial charge in [0, 0.05) is 20.2 Å². The molecule has 0 fully saturated rings. The molecule has 3 aromatic rings. The van der Waals surface area contributed by atoms with E-state index in [-0.39, 0.29) is 0 Å². The molecule has 0 N–H and O–H groups in total. The van der Waals surface area contributed by atoms with Crippen molar-refractivity contribution in [3.8, 4) is 0 Å². The largest absolute Gasteiger partial charge is 0.135 e. The van der Waals surface area contributed by atoms with Crippen LogP contribution in [-0.4, -0.2) is 0 Å². The van der Waals surface area contributed by atoms with Crippen LogP contribution >= 0.6 is 11.3 Å². The molecule has 126 valence electrons. The first-order valence-corrected chi connectivity index (χ1v) is 9.52. The van der Waals surface area contributed by atoms with Gasteiger partial charge in [-0.05, 0) is 56.0 Å². The van der Waals surface area contributed by atoms with Gasteiger partial charge in [-0.1, -0.05) is 66.8 Å². The van der Waals surface area contributed by atoms with Gasteiger partial charge in [0.1, 0.15) is 0 Å². The van der Waals surface area contributed by atoms with Gasteiger partial charge >= 0.3 is 0 Å². The summed E-state index contributed by atoms with van der Waals surface area (Å²) in [6.45, 7) is 8.52. The van der Waals surface area contributed by atoms with Crippen LogP contribution in [0.25, 0.3) is 25.7 Å². The van der Waals surface area contributed by atoms with Crippen molar-refractivity contribution >= 4 is 37.1 Å². The molecular formula is C24H24S. The Morgan fingerprint density at radius 2 is 1.64 bits per heavy atom. The summed E-state index contributed by atoms with van der Waals surface area (Å²) in [6, 6.07) is 15.3. The number of fused-ring (bicyclic) bond motifs is 3. The van der Waals surface area contributed by atoms with Gasteiger partial charge < -0.3 is 0 Å². The number of hydrogen-bond acceptors (Lipinski definition) is 1. The van der Waals surface area contributed by atoms with Crippen LogP contribution in [0.3, 0.4) is 0 Å². The van der Waals surface area contributed by atoms with Crippen LogP contribution in [0, 0.1) is 0 Å². The summed E-state index contributed by atoms with van der Waals surface area (Å²) in [5.41, 5.74) is 5.19. The van der Waals surface area contributed by atoms with E-state index >= 15 is 0 Å². The third-order valence-electron chi connectivity index (χ3n) is 4.56. The predicted molar refractivity (Wildman–Crippen MR) is 115 cm³/mol. The fourth-order valence-electron chi connectivity index (χ4n) is 3.01. The first kappa shape index (κ1) is 17.4. The number of allylic oxidation sites excluding steroid dienone is 8. The molecule has 0 aliphatic carbocycles. The Morgan fingerprint density at radius 3 is 2.40 bits per heavy atom. The predicted octanol–water partition coefficient (Wildman–Crippen LogP) is 7.93. The van der Waals surface area contributed by atoms with E-state index in [1.165, 1.54) is 42.5 Å². The van der Waals surface area contributed by atoms with Gasteiger partial charge in [0.05, 0.1) is 0 Å². The van der Waals surface area contributed by atoms with Gasteiger partial charge in [0.25, 0.3) is 0 Å². The first-order chi connectivity index (χ1) is 12.2. The highest BCUT2D eigenvalue weighted by Gasteiger charge is 2.10. The van der Waals surface area contributed by atoms with Crippen molar-refractivity contribution in [2.75, 3.05) is 0 Å². The van der Waals surface area contributed by atoms with Gasteiger partial charge in [0.15, 0.2) is 0 Å². The summed E-state index contributed by atoms with van der Waals surface area (Å²) < 4.78 is 2.72. The molecule has 1 aromatic heterocycles. The highest BCUT2D eigenvalue weighted by Crippen LogP contribution is 2.38. The summed E-state index contributed by atoms with van der Waals surface area (Å²) >= 11 is 1.89. The first-order valence-electron chi connectivity index (χ1n) is 8.71. The lowest BCUT2D eigenvalue weighted by Crippen LogP contribution is -1.85. The van der Waals surface area contributed by atoms with E-state index in [2.05, 4.69) is 93.6 Å². The summed E-state index contributed by atoms with van der Waals surface area (Å²) in [5.74, 6) is 0. The molecule has 2 aromatic carbocycles. The van der Waals surface area contributed by atoms with Crippen LogP contribution in [-0.2, 0) is 0 Å². The van der Waals surface area contributed by atoms with E-state index in [4.69, 9.17) is 0 Å². The molecular weight excluding hydrogens is 320 g/mol. The van der Waals surface area contributed by atoms with E-state index in [9.17, 15) is 0 Å².